The molecule has 0 aliphatic rings. The molecule has 0 fully saturated rings. The summed E-state index contributed by atoms with van der Waals surface area (Å²) >= 11 is 0. The number of nitrogens with one attached hydrogen (secondary N) is 2. The summed E-state index contributed by atoms with van der Waals surface area (Å²) in [4.78, 5) is 31.7. The molecule has 0 aliphatic carbocycles. The van der Waals surface area contributed by atoms with Crippen molar-refractivity contribution in [1.29, 1.82) is 0 Å². The van der Waals surface area contributed by atoms with E-state index >= 15 is 0 Å². The van der Waals surface area contributed by atoms with Gasteiger partial charge in [-0.2, -0.15) is 0 Å². The van der Waals surface area contributed by atoms with Crippen LogP contribution in [0.5, 0.6) is 0 Å². The van der Waals surface area contributed by atoms with Crippen LogP contribution >= 0.6 is 0 Å². The zero-order valence-electron chi connectivity index (χ0n) is 14.2. The molecule has 25 heavy (non-hydrogen) atoms. The number of H-pyrrole nitrogens is 1. The van der Waals surface area contributed by atoms with Crippen LogP contribution in [0, 0.1) is 5.92 Å². The maximum Gasteiger partial charge on any atom is 0.258 e. The molecular weight excluding hydrogens is 314 g/mol. The van der Waals surface area contributed by atoms with E-state index in [0.717, 1.165) is 12.0 Å². The molecule has 0 saturated carbocycles. The molecule has 1 heterocycles. The summed E-state index contributed by atoms with van der Waals surface area (Å²) in [5.74, 6) is 0.336. The van der Waals surface area contributed by atoms with Crippen molar-refractivity contribution in [3.05, 3.63) is 76.3 Å². The highest BCUT2D eigenvalue weighted by Crippen LogP contribution is 2.12. The van der Waals surface area contributed by atoms with Crippen LogP contribution in [0.1, 0.15) is 24.7 Å². The van der Waals surface area contributed by atoms with E-state index in [0.29, 0.717) is 23.1 Å². The Morgan fingerprint density at radius 1 is 1.12 bits per heavy atom. The highest BCUT2D eigenvalue weighted by Gasteiger charge is 2.17. The van der Waals surface area contributed by atoms with Crippen LogP contribution in [0.15, 0.2) is 59.4 Å². The van der Waals surface area contributed by atoms with Gasteiger partial charge in [-0.05, 0) is 30.5 Å². The molecule has 128 valence electrons. The van der Waals surface area contributed by atoms with Gasteiger partial charge in [0, 0.05) is 5.92 Å². The Hall–Kier alpha value is -2.95. The van der Waals surface area contributed by atoms with E-state index in [1.54, 1.807) is 18.2 Å². The predicted molar refractivity (Wildman–Crippen MR) is 98.1 cm³/mol. The minimum absolute atomic E-state index is 0.0258. The molecule has 1 unspecified atom stereocenters. The molecule has 1 amide bonds. The Bertz CT molecular complexity index is 919. The van der Waals surface area contributed by atoms with E-state index < -0.39 is 0 Å². The van der Waals surface area contributed by atoms with Crippen LogP contribution in [0.3, 0.4) is 0 Å². The lowest BCUT2D eigenvalue weighted by atomic mass is 9.96. The second kappa shape index (κ2) is 7.75. The van der Waals surface area contributed by atoms with Crippen molar-refractivity contribution in [3.63, 3.8) is 0 Å². The average molecular weight is 335 g/mol. The second-order valence-electron chi connectivity index (χ2n) is 6.04. The van der Waals surface area contributed by atoms with E-state index in [9.17, 15) is 9.59 Å². The molecular formula is C20H21N3O2. The lowest BCUT2D eigenvalue weighted by Gasteiger charge is -2.15. The summed E-state index contributed by atoms with van der Waals surface area (Å²) in [5, 5.41) is 3.44. The van der Waals surface area contributed by atoms with E-state index in [2.05, 4.69) is 15.3 Å². The smallest absolute Gasteiger partial charge is 0.258 e. The number of fused-ring (bicyclic) bond motifs is 1. The van der Waals surface area contributed by atoms with Crippen LogP contribution in [0.2, 0.25) is 0 Å². The molecule has 0 spiro atoms. The fourth-order valence-electron chi connectivity index (χ4n) is 2.85. The van der Waals surface area contributed by atoms with Gasteiger partial charge in [0.2, 0.25) is 5.91 Å². The van der Waals surface area contributed by atoms with Gasteiger partial charge in [0.25, 0.3) is 5.56 Å². The third-order valence-corrected chi connectivity index (χ3v) is 4.28. The zero-order valence-corrected chi connectivity index (χ0v) is 14.2. The first-order valence-electron chi connectivity index (χ1n) is 8.47. The number of carbonyl (C=O) groups is 1. The van der Waals surface area contributed by atoms with Gasteiger partial charge >= 0.3 is 0 Å². The minimum atomic E-state index is -0.189. The predicted octanol–water partition coefficient (Wildman–Crippen LogP) is 2.81. The summed E-state index contributed by atoms with van der Waals surface area (Å²) in [6.07, 6.45) is 1.45. The standard InChI is InChI=1S/C20H21N3O2/c1-2-15(12-14-8-4-3-5-9-14)19(24)21-13-18-22-17-11-7-6-10-16(17)20(25)23-18/h3-11,15H,2,12-13H2,1H3,(H,21,24)(H,22,23,25). The van der Waals surface area contributed by atoms with Crippen molar-refractivity contribution in [3.8, 4) is 0 Å². The third-order valence-electron chi connectivity index (χ3n) is 4.28. The molecule has 1 aromatic heterocycles. The Morgan fingerprint density at radius 3 is 2.60 bits per heavy atom. The number of carbonyl (C=O) groups excluding carboxylic acids is 1. The lowest BCUT2D eigenvalue weighted by Crippen LogP contribution is -2.32. The van der Waals surface area contributed by atoms with Gasteiger partial charge in [-0.3, -0.25) is 9.59 Å². The topological polar surface area (TPSA) is 74.8 Å². The molecule has 1 atom stereocenters. The van der Waals surface area contributed by atoms with Crippen molar-refractivity contribution in [2.45, 2.75) is 26.3 Å². The second-order valence-corrected chi connectivity index (χ2v) is 6.04. The number of hydrogen-bond donors (Lipinski definition) is 2. The highest BCUT2D eigenvalue weighted by molar-refractivity contribution is 5.79. The minimum Gasteiger partial charge on any atom is -0.349 e. The van der Waals surface area contributed by atoms with E-state index in [-0.39, 0.29) is 23.9 Å². The van der Waals surface area contributed by atoms with Crippen LogP contribution < -0.4 is 10.9 Å². The molecule has 3 rings (SSSR count). The van der Waals surface area contributed by atoms with Crippen molar-refractivity contribution >= 4 is 16.8 Å². The average Bonchev–Trinajstić information content (AvgIpc) is 2.65. The molecule has 5 nitrogen and oxygen atoms in total. The zero-order chi connectivity index (χ0) is 17.6. The summed E-state index contributed by atoms with van der Waals surface area (Å²) in [6.45, 7) is 2.22. The maximum absolute atomic E-state index is 12.5. The van der Waals surface area contributed by atoms with Gasteiger partial charge in [-0.1, -0.05) is 49.4 Å². The Morgan fingerprint density at radius 2 is 1.84 bits per heavy atom. The summed E-state index contributed by atoms with van der Waals surface area (Å²) in [5.41, 5.74) is 1.58. The monoisotopic (exact) mass is 335 g/mol. The summed E-state index contributed by atoms with van der Waals surface area (Å²) in [6, 6.07) is 17.1. The van der Waals surface area contributed by atoms with Crippen LogP contribution in [0.25, 0.3) is 10.9 Å². The quantitative estimate of drug-likeness (QED) is 0.727. The van der Waals surface area contributed by atoms with Gasteiger partial charge in [0.05, 0.1) is 17.4 Å². The molecule has 2 N–H and O–H groups in total. The van der Waals surface area contributed by atoms with Crippen LogP contribution in [-0.4, -0.2) is 15.9 Å². The van der Waals surface area contributed by atoms with Crippen LogP contribution in [-0.2, 0) is 17.8 Å². The molecule has 0 bridgehead atoms. The number of para-hydroxylation sites is 1. The van der Waals surface area contributed by atoms with Crippen molar-refractivity contribution < 1.29 is 4.79 Å². The fourth-order valence-corrected chi connectivity index (χ4v) is 2.85. The molecule has 3 aromatic rings. The molecule has 0 aliphatic heterocycles. The first-order valence-corrected chi connectivity index (χ1v) is 8.47. The number of nitrogens with zero attached hydrogens (tertiary/aromatic N) is 1. The van der Waals surface area contributed by atoms with Gasteiger partial charge in [0.1, 0.15) is 5.82 Å². The molecule has 5 heteroatoms. The van der Waals surface area contributed by atoms with Gasteiger partial charge in [-0.15, -0.1) is 0 Å². The molecule has 0 radical (unpaired) electrons. The molecule has 0 saturated heterocycles. The van der Waals surface area contributed by atoms with Gasteiger partial charge < -0.3 is 10.3 Å². The first-order chi connectivity index (χ1) is 12.2. The van der Waals surface area contributed by atoms with E-state index in [4.69, 9.17) is 0 Å². The molecule has 2 aromatic carbocycles. The number of benzene rings is 2. The maximum atomic E-state index is 12.5. The van der Waals surface area contributed by atoms with Crippen molar-refractivity contribution in [2.24, 2.45) is 5.92 Å². The third kappa shape index (κ3) is 4.12. The number of aromatic nitrogens is 2. The largest absolute Gasteiger partial charge is 0.349 e. The summed E-state index contributed by atoms with van der Waals surface area (Å²) < 4.78 is 0. The Kier molecular flexibility index (Phi) is 5.23. The normalized spacial score (nSPS) is 12.0. The summed E-state index contributed by atoms with van der Waals surface area (Å²) in [7, 11) is 0. The van der Waals surface area contributed by atoms with Crippen molar-refractivity contribution in [2.75, 3.05) is 0 Å². The van der Waals surface area contributed by atoms with Gasteiger partial charge in [0.15, 0.2) is 0 Å². The SMILES string of the molecule is CCC(Cc1ccccc1)C(=O)NCc1nc2ccccc2c(=O)[nH]1. The number of hydrogen-bond acceptors (Lipinski definition) is 3. The fraction of sp³-hybridized carbons (Fsp3) is 0.250. The van der Waals surface area contributed by atoms with E-state index in [1.165, 1.54) is 0 Å². The Labute approximate surface area is 146 Å². The first kappa shape index (κ1) is 16.9. The lowest BCUT2D eigenvalue weighted by molar-refractivity contribution is -0.125. The van der Waals surface area contributed by atoms with Crippen LogP contribution in [0.4, 0.5) is 0 Å². The number of aromatic amines is 1. The van der Waals surface area contributed by atoms with Crippen molar-refractivity contribution in [1.82, 2.24) is 15.3 Å². The number of rotatable bonds is 6. The van der Waals surface area contributed by atoms with Gasteiger partial charge in [-0.25, -0.2) is 4.98 Å². The van der Waals surface area contributed by atoms with E-state index in [1.807, 2.05) is 43.3 Å². The Balaban J connectivity index is 1.67. The highest BCUT2D eigenvalue weighted by atomic mass is 16.2. The number of amides is 1.